The van der Waals surface area contributed by atoms with E-state index >= 15 is 9.59 Å². The molecule has 6 amide bonds. The van der Waals surface area contributed by atoms with Gasteiger partial charge in [0.25, 0.3) is 0 Å². The second-order valence-electron chi connectivity index (χ2n) is 20.7. The van der Waals surface area contributed by atoms with E-state index in [-0.39, 0.29) is 89.3 Å². The Morgan fingerprint density at radius 2 is 0.964 bits per heavy atom. The number of para-hydroxylation sites is 3. The number of aliphatic imine (C=N–C) groups is 2. The van der Waals surface area contributed by atoms with Crippen molar-refractivity contribution in [2.45, 2.75) is 107 Å². The van der Waals surface area contributed by atoms with Gasteiger partial charge < -0.3 is 80.2 Å². The standard InChI is InChI=1S/C59H72N16O8/c60-41(28-35-31-67-42-18-7-4-15-38(35)42)51(76)72-48(29-36-32-68-43-19-8-5-16-39(36)43)54(79)74-49(30-37-33-69-44-20-9-6-17-40(37)44)56(81)75-26-12-23-50(75)55(80)73-47(27-34-13-2-1-3-14-34)53(78)70-45(21-10-24-65-58(61)62)52(77)71-46(57(82)83)22-11-25-66-59(63)64/h1-9,13-20,31-33,41,45-50,67-69H,10-12,21-30,60H2,(H,70,78)(H,71,77)(H,72,76)(H,73,80)(H,74,79)(H,82,83)(H4,61,62,65)(H4,63,64,66)/t41-,45-,46-,47-,48-,49-,50-/m0/s1. The molecule has 0 unspecified atom stereocenters. The third kappa shape index (κ3) is 15.8. The molecule has 24 nitrogen and oxygen atoms in total. The van der Waals surface area contributed by atoms with E-state index < -0.39 is 83.7 Å². The van der Waals surface area contributed by atoms with Gasteiger partial charge in [-0.3, -0.25) is 38.8 Å². The van der Waals surface area contributed by atoms with Crippen LogP contribution >= 0.6 is 0 Å². The number of guanidine groups is 2. The van der Waals surface area contributed by atoms with Crippen molar-refractivity contribution in [2.75, 3.05) is 19.6 Å². The van der Waals surface area contributed by atoms with Crippen LogP contribution in [-0.4, -0.2) is 140 Å². The number of amides is 6. The fourth-order valence-electron chi connectivity index (χ4n) is 10.5. The number of hydrogen-bond acceptors (Lipinski definition) is 10. The quantitative estimate of drug-likeness (QED) is 0.0187. The van der Waals surface area contributed by atoms with E-state index in [1.165, 1.54) is 4.90 Å². The van der Waals surface area contributed by atoms with E-state index in [1.54, 1.807) is 48.9 Å². The lowest BCUT2D eigenvalue weighted by Crippen LogP contribution is -2.60. The molecule has 4 heterocycles. The first-order valence-electron chi connectivity index (χ1n) is 27.6. The van der Waals surface area contributed by atoms with Crippen LogP contribution in [0.3, 0.4) is 0 Å². The zero-order valence-electron chi connectivity index (χ0n) is 45.8. The molecular formula is C59H72N16O8. The zero-order chi connectivity index (χ0) is 59.0. The zero-order valence-corrected chi connectivity index (χ0v) is 45.8. The van der Waals surface area contributed by atoms with Crippen molar-refractivity contribution in [1.29, 1.82) is 0 Å². The van der Waals surface area contributed by atoms with Crippen LogP contribution in [0, 0.1) is 0 Å². The lowest BCUT2D eigenvalue weighted by Gasteiger charge is -2.31. The molecule has 436 valence electrons. The minimum absolute atomic E-state index is 0.0159. The number of aromatic nitrogens is 3. The van der Waals surface area contributed by atoms with Crippen molar-refractivity contribution >= 4 is 86.0 Å². The van der Waals surface area contributed by atoms with Crippen LogP contribution in [0.1, 0.15) is 60.8 Å². The van der Waals surface area contributed by atoms with Crippen molar-refractivity contribution in [3.05, 3.63) is 144 Å². The number of nitrogens with zero attached hydrogens (tertiary/aromatic N) is 3. The van der Waals surface area contributed by atoms with E-state index in [0.717, 1.165) is 43.8 Å². The second kappa shape index (κ2) is 28.1. The van der Waals surface area contributed by atoms with Gasteiger partial charge in [0.2, 0.25) is 35.4 Å². The van der Waals surface area contributed by atoms with Gasteiger partial charge in [0, 0.05) is 90.2 Å². The number of nitrogens with two attached hydrogens (primary N) is 5. The molecule has 1 aliphatic rings. The Balaban J connectivity index is 1.04. The van der Waals surface area contributed by atoms with Gasteiger partial charge in [0.05, 0.1) is 6.04 Å². The van der Waals surface area contributed by atoms with Gasteiger partial charge in [-0.05, 0) is 85.4 Å². The summed E-state index contributed by atoms with van der Waals surface area (Å²) in [7, 11) is 0. The van der Waals surface area contributed by atoms with E-state index in [9.17, 15) is 29.1 Å². The van der Waals surface area contributed by atoms with E-state index in [1.807, 2.05) is 72.8 Å². The SMILES string of the molecule is NC(N)=NCCC[C@H](NC(=O)[C@H](CCCN=C(N)N)NC(=O)[C@H](Cc1ccccc1)NC(=O)[C@@H]1CCCN1C(=O)[C@H](Cc1c[nH]c2ccccc12)NC(=O)[C@H](Cc1c[nH]c2ccccc12)NC(=O)[C@@H](N)Cc1c[nH]c2ccccc12)C(=O)O. The van der Waals surface area contributed by atoms with Crippen LogP contribution in [0.5, 0.6) is 0 Å². The fourth-order valence-corrected chi connectivity index (χ4v) is 10.5. The lowest BCUT2D eigenvalue weighted by molar-refractivity contribution is -0.143. The summed E-state index contributed by atoms with van der Waals surface area (Å²) < 4.78 is 0. The van der Waals surface area contributed by atoms with Crippen molar-refractivity contribution in [3.63, 3.8) is 0 Å². The van der Waals surface area contributed by atoms with Gasteiger partial charge in [-0.15, -0.1) is 0 Å². The summed E-state index contributed by atoms with van der Waals surface area (Å²) in [6, 6.07) is 22.9. The summed E-state index contributed by atoms with van der Waals surface area (Å²) in [5.74, 6) is -5.77. The molecule has 0 spiro atoms. The Kier molecular flexibility index (Phi) is 20.1. The third-order valence-electron chi connectivity index (χ3n) is 14.8. The Labute approximate surface area is 478 Å². The van der Waals surface area contributed by atoms with Crippen LogP contribution in [-0.2, 0) is 59.2 Å². The molecule has 19 N–H and O–H groups in total. The summed E-state index contributed by atoms with van der Waals surface area (Å²) in [4.78, 5) is 119. The fraction of sp³-hybridized carbons (Fsp3) is 0.339. The van der Waals surface area contributed by atoms with Crippen molar-refractivity contribution < 1.29 is 38.7 Å². The number of hydrogen-bond donors (Lipinski definition) is 14. The number of carboxylic acid groups (broad SMARTS) is 1. The molecule has 0 bridgehead atoms. The monoisotopic (exact) mass is 1130 g/mol. The number of aliphatic carboxylic acids is 1. The number of rotatable bonds is 28. The van der Waals surface area contributed by atoms with Gasteiger partial charge in [0.15, 0.2) is 11.9 Å². The highest BCUT2D eigenvalue weighted by molar-refractivity contribution is 5.98. The van der Waals surface area contributed by atoms with E-state index in [4.69, 9.17) is 28.7 Å². The Bertz CT molecular complexity index is 3470. The number of fused-ring (bicyclic) bond motifs is 3. The van der Waals surface area contributed by atoms with Crippen LogP contribution in [0.4, 0.5) is 0 Å². The number of benzene rings is 4. The highest BCUT2D eigenvalue weighted by atomic mass is 16.4. The molecule has 1 fully saturated rings. The largest absolute Gasteiger partial charge is 0.480 e. The predicted molar refractivity (Wildman–Crippen MR) is 316 cm³/mol. The summed E-state index contributed by atoms with van der Waals surface area (Å²) in [6.45, 7) is 0.321. The molecule has 3 aromatic heterocycles. The summed E-state index contributed by atoms with van der Waals surface area (Å²) in [5.41, 5.74) is 33.9. The molecule has 8 rings (SSSR count). The van der Waals surface area contributed by atoms with Crippen LogP contribution in [0.2, 0.25) is 0 Å². The normalized spacial score (nSPS) is 15.3. The number of aromatic amines is 3. The molecule has 1 aliphatic heterocycles. The Morgan fingerprint density at radius 1 is 0.530 bits per heavy atom. The molecule has 1 saturated heterocycles. The van der Waals surface area contributed by atoms with Gasteiger partial charge >= 0.3 is 5.97 Å². The maximum atomic E-state index is 15.3. The minimum Gasteiger partial charge on any atom is -0.480 e. The highest BCUT2D eigenvalue weighted by Gasteiger charge is 2.41. The van der Waals surface area contributed by atoms with Crippen molar-refractivity contribution in [3.8, 4) is 0 Å². The number of carbonyl (C=O) groups is 7. The first-order valence-corrected chi connectivity index (χ1v) is 27.6. The van der Waals surface area contributed by atoms with Gasteiger partial charge in [-0.2, -0.15) is 0 Å². The summed E-state index contributed by atoms with van der Waals surface area (Å²) in [5, 5.41) is 26.6. The van der Waals surface area contributed by atoms with Crippen molar-refractivity contribution in [2.24, 2.45) is 38.7 Å². The third-order valence-corrected chi connectivity index (χ3v) is 14.8. The smallest absolute Gasteiger partial charge is 0.326 e. The first kappa shape index (κ1) is 59.4. The van der Waals surface area contributed by atoms with Crippen LogP contribution in [0.25, 0.3) is 32.7 Å². The molecule has 7 aromatic rings. The Hall–Kier alpha value is -9.71. The second-order valence-corrected chi connectivity index (χ2v) is 20.7. The maximum absolute atomic E-state index is 15.3. The van der Waals surface area contributed by atoms with E-state index in [0.29, 0.717) is 17.5 Å². The minimum atomic E-state index is -1.37. The molecule has 83 heavy (non-hydrogen) atoms. The average Bonchev–Trinajstić information content (AvgIpc) is 4.54. The maximum Gasteiger partial charge on any atom is 0.326 e. The van der Waals surface area contributed by atoms with Crippen LogP contribution < -0.4 is 55.3 Å². The molecule has 0 radical (unpaired) electrons. The summed E-state index contributed by atoms with van der Waals surface area (Å²) >= 11 is 0. The van der Waals surface area contributed by atoms with Crippen molar-refractivity contribution in [1.82, 2.24) is 46.4 Å². The van der Waals surface area contributed by atoms with Gasteiger partial charge in [-0.1, -0.05) is 84.9 Å². The molecule has 0 saturated carbocycles. The number of carbonyl (C=O) groups excluding carboxylic acids is 6. The predicted octanol–water partition coefficient (Wildman–Crippen LogP) is 1.34. The van der Waals surface area contributed by atoms with E-state index in [2.05, 4.69) is 51.5 Å². The van der Waals surface area contributed by atoms with Gasteiger partial charge in [0.1, 0.15) is 36.3 Å². The molecule has 24 heteroatoms. The molecule has 7 atom stereocenters. The number of likely N-dealkylation sites (tertiary alicyclic amines) is 1. The molecular weight excluding hydrogens is 1060 g/mol. The number of carboxylic acids is 1. The highest BCUT2D eigenvalue weighted by Crippen LogP contribution is 2.25. The Morgan fingerprint density at radius 3 is 1.49 bits per heavy atom. The first-order chi connectivity index (χ1) is 40.0. The summed E-state index contributed by atoms with van der Waals surface area (Å²) in [6.07, 6.45) is 6.41. The number of H-pyrrole nitrogens is 3. The average molecular weight is 1130 g/mol. The topological polar surface area (TPSA) is 405 Å². The lowest BCUT2D eigenvalue weighted by atomic mass is 10.00. The van der Waals surface area contributed by atoms with Crippen LogP contribution in [0.15, 0.2) is 132 Å². The molecule has 0 aliphatic carbocycles. The number of nitrogens with one attached hydrogen (secondary N) is 8. The molecule has 4 aromatic carbocycles. The van der Waals surface area contributed by atoms with Gasteiger partial charge in [-0.25, -0.2) is 4.79 Å².